The van der Waals surface area contributed by atoms with Gasteiger partial charge < -0.3 is 10.8 Å². The molecule has 0 spiro atoms. The molecule has 0 bridgehead atoms. The zero-order chi connectivity index (χ0) is 11.2. The van der Waals surface area contributed by atoms with Crippen LogP contribution in [0.4, 0.5) is 0 Å². The molecule has 1 aromatic rings. The maximum Gasteiger partial charge on any atom is 0.137 e. The van der Waals surface area contributed by atoms with Crippen molar-refractivity contribution in [3.63, 3.8) is 0 Å². The van der Waals surface area contributed by atoms with Gasteiger partial charge in [-0.15, -0.1) is 0 Å². The van der Waals surface area contributed by atoms with Crippen LogP contribution in [0.5, 0.6) is 5.75 Å². The lowest BCUT2D eigenvalue weighted by Crippen LogP contribution is -2.24. The summed E-state index contributed by atoms with van der Waals surface area (Å²) < 4.78 is 0. The molecular formula is C12H16ClNO. The quantitative estimate of drug-likeness (QED) is 0.813. The molecule has 0 unspecified atom stereocenters. The van der Waals surface area contributed by atoms with Gasteiger partial charge in [0.05, 0.1) is 5.02 Å². The Morgan fingerprint density at radius 3 is 2.60 bits per heavy atom. The van der Waals surface area contributed by atoms with Gasteiger partial charge in [-0.2, -0.15) is 0 Å². The van der Waals surface area contributed by atoms with E-state index in [1.54, 1.807) is 0 Å². The van der Waals surface area contributed by atoms with Crippen LogP contribution in [0.1, 0.15) is 29.5 Å². The Bertz CT molecular complexity index is 411. The second kappa shape index (κ2) is 3.39. The Hall–Kier alpha value is -0.730. The van der Waals surface area contributed by atoms with Gasteiger partial charge in [-0.25, -0.2) is 0 Å². The fraction of sp³-hybridized carbons (Fsp3) is 0.500. The van der Waals surface area contributed by atoms with E-state index in [2.05, 4.69) is 0 Å². The van der Waals surface area contributed by atoms with E-state index < -0.39 is 0 Å². The number of aromatic hydroxyl groups is 1. The van der Waals surface area contributed by atoms with Crippen LogP contribution in [-0.2, 0) is 6.42 Å². The molecular weight excluding hydrogens is 210 g/mol. The first-order valence-electron chi connectivity index (χ1n) is 5.19. The first kappa shape index (κ1) is 10.8. The predicted molar refractivity (Wildman–Crippen MR) is 62.4 cm³/mol. The summed E-state index contributed by atoms with van der Waals surface area (Å²) in [5, 5.41) is 10.4. The molecule has 0 aromatic heterocycles. The maximum atomic E-state index is 9.91. The molecule has 0 atom stereocenters. The maximum absolute atomic E-state index is 9.91. The number of aryl methyl sites for hydroxylation is 1. The van der Waals surface area contributed by atoms with Gasteiger partial charge in [0, 0.05) is 5.54 Å². The van der Waals surface area contributed by atoms with Crippen molar-refractivity contribution in [2.75, 3.05) is 0 Å². The zero-order valence-corrected chi connectivity index (χ0v) is 9.86. The normalized spacial score (nSPS) is 17.9. The highest BCUT2D eigenvalue weighted by Crippen LogP contribution is 2.40. The van der Waals surface area contributed by atoms with Crippen LogP contribution < -0.4 is 5.73 Å². The van der Waals surface area contributed by atoms with Crippen LogP contribution in [0.2, 0.25) is 5.02 Å². The second-order valence-electron chi connectivity index (χ2n) is 4.68. The highest BCUT2D eigenvalue weighted by molar-refractivity contribution is 6.33. The third-order valence-electron chi connectivity index (χ3n) is 3.26. The van der Waals surface area contributed by atoms with Gasteiger partial charge in [-0.05, 0) is 49.8 Å². The van der Waals surface area contributed by atoms with Crippen molar-refractivity contribution in [1.82, 2.24) is 0 Å². The number of rotatable bonds is 2. The zero-order valence-electron chi connectivity index (χ0n) is 9.10. The predicted octanol–water partition coefficient (Wildman–Crippen LogP) is 2.70. The Morgan fingerprint density at radius 1 is 1.47 bits per heavy atom. The van der Waals surface area contributed by atoms with Crippen molar-refractivity contribution in [3.8, 4) is 5.75 Å². The topological polar surface area (TPSA) is 46.2 Å². The van der Waals surface area contributed by atoms with Crippen LogP contribution in [-0.4, -0.2) is 10.6 Å². The van der Waals surface area contributed by atoms with Crippen molar-refractivity contribution < 1.29 is 5.11 Å². The summed E-state index contributed by atoms with van der Waals surface area (Å²) in [5.41, 5.74) is 8.87. The summed E-state index contributed by atoms with van der Waals surface area (Å²) in [7, 11) is 0. The van der Waals surface area contributed by atoms with Crippen LogP contribution in [0.15, 0.2) is 6.07 Å². The molecule has 0 saturated heterocycles. The van der Waals surface area contributed by atoms with Crippen molar-refractivity contribution in [1.29, 1.82) is 0 Å². The summed E-state index contributed by atoms with van der Waals surface area (Å²) in [6.07, 6.45) is 2.80. The minimum atomic E-state index is -0.0947. The Kier molecular flexibility index (Phi) is 2.44. The number of halogens is 1. The molecule has 2 rings (SSSR count). The van der Waals surface area contributed by atoms with E-state index in [1.165, 1.54) is 0 Å². The lowest BCUT2D eigenvalue weighted by Gasteiger charge is -2.14. The lowest BCUT2D eigenvalue weighted by molar-refractivity contribution is 0.463. The van der Waals surface area contributed by atoms with Crippen molar-refractivity contribution >= 4 is 11.6 Å². The van der Waals surface area contributed by atoms with Gasteiger partial charge >= 0.3 is 0 Å². The van der Waals surface area contributed by atoms with Crippen LogP contribution in [0.25, 0.3) is 0 Å². The molecule has 3 heteroatoms. The van der Waals surface area contributed by atoms with Gasteiger partial charge in [0.15, 0.2) is 0 Å². The molecule has 0 amide bonds. The molecule has 3 N–H and O–H groups in total. The van der Waals surface area contributed by atoms with Gasteiger partial charge in [-0.3, -0.25) is 0 Å². The molecule has 1 aliphatic rings. The molecule has 1 aliphatic carbocycles. The van der Waals surface area contributed by atoms with Crippen LogP contribution in [0.3, 0.4) is 0 Å². The average molecular weight is 226 g/mol. The van der Waals surface area contributed by atoms with E-state index in [4.69, 9.17) is 17.3 Å². The van der Waals surface area contributed by atoms with Gasteiger partial charge in [0.1, 0.15) is 5.75 Å². The third kappa shape index (κ3) is 1.97. The van der Waals surface area contributed by atoms with Crippen molar-refractivity contribution in [3.05, 3.63) is 27.8 Å². The van der Waals surface area contributed by atoms with Crippen molar-refractivity contribution in [2.45, 2.75) is 38.6 Å². The number of benzene rings is 1. The first-order chi connectivity index (χ1) is 6.93. The molecule has 0 aliphatic heterocycles. The summed E-state index contributed by atoms with van der Waals surface area (Å²) in [4.78, 5) is 0. The Balaban J connectivity index is 2.39. The highest BCUT2D eigenvalue weighted by Gasteiger charge is 2.38. The molecule has 1 saturated carbocycles. The SMILES string of the molecule is Cc1cc(CC2(N)CC2)c(O)c(Cl)c1C. The Morgan fingerprint density at radius 2 is 2.07 bits per heavy atom. The second-order valence-corrected chi connectivity index (χ2v) is 5.06. The standard InChI is InChI=1S/C12H16ClNO/c1-7-5-9(6-12(14)3-4-12)11(15)10(13)8(7)2/h5,15H,3-4,6,14H2,1-2H3. The summed E-state index contributed by atoms with van der Waals surface area (Å²) in [6, 6.07) is 1.99. The lowest BCUT2D eigenvalue weighted by atomic mass is 9.99. The number of phenols is 1. The average Bonchev–Trinajstić information content (AvgIpc) is 2.89. The summed E-state index contributed by atoms with van der Waals surface area (Å²) >= 11 is 6.05. The Labute approximate surface area is 95.1 Å². The molecule has 0 radical (unpaired) electrons. The third-order valence-corrected chi connectivity index (χ3v) is 3.72. The number of phenolic OH excluding ortho intramolecular Hbond substituents is 1. The summed E-state index contributed by atoms with van der Waals surface area (Å²) in [5.74, 6) is 0.205. The minimum absolute atomic E-state index is 0.0947. The first-order valence-corrected chi connectivity index (χ1v) is 5.57. The monoisotopic (exact) mass is 225 g/mol. The van der Waals surface area contributed by atoms with E-state index in [1.807, 2.05) is 19.9 Å². The molecule has 1 aromatic carbocycles. The number of hydrogen-bond acceptors (Lipinski definition) is 2. The number of nitrogens with two attached hydrogens (primary N) is 1. The highest BCUT2D eigenvalue weighted by atomic mass is 35.5. The molecule has 15 heavy (non-hydrogen) atoms. The van der Waals surface area contributed by atoms with Crippen LogP contribution >= 0.6 is 11.6 Å². The molecule has 82 valence electrons. The number of hydrogen-bond donors (Lipinski definition) is 2. The minimum Gasteiger partial charge on any atom is -0.506 e. The molecule has 0 heterocycles. The van der Waals surface area contributed by atoms with E-state index in [0.717, 1.165) is 36.0 Å². The van der Waals surface area contributed by atoms with Gasteiger partial charge in [0.2, 0.25) is 0 Å². The van der Waals surface area contributed by atoms with E-state index in [9.17, 15) is 5.11 Å². The van der Waals surface area contributed by atoms with E-state index >= 15 is 0 Å². The van der Waals surface area contributed by atoms with E-state index in [0.29, 0.717) is 5.02 Å². The molecule has 1 fully saturated rings. The van der Waals surface area contributed by atoms with Crippen LogP contribution in [0, 0.1) is 13.8 Å². The fourth-order valence-corrected chi connectivity index (χ4v) is 2.05. The largest absolute Gasteiger partial charge is 0.506 e. The van der Waals surface area contributed by atoms with Crippen molar-refractivity contribution in [2.24, 2.45) is 5.73 Å². The fourth-order valence-electron chi connectivity index (χ4n) is 1.78. The smallest absolute Gasteiger partial charge is 0.137 e. The van der Waals surface area contributed by atoms with Gasteiger partial charge in [-0.1, -0.05) is 17.7 Å². The van der Waals surface area contributed by atoms with Gasteiger partial charge in [0.25, 0.3) is 0 Å². The van der Waals surface area contributed by atoms with E-state index in [-0.39, 0.29) is 11.3 Å². The molecule has 2 nitrogen and oxygen atoms in total. The summed E-state index contributed by atoms with van der Waals surface area (Å²) in [6.45, 7) is 3.91.